The first-order valence-corrected chi connectivity index (χ1v) is 15.5. The third-order valence-electron chi connectivity index (χ3n) is 11.8. The van der Waals surface area contributed by atoms with Crippen molar-refractivity contribution in [2.45, 2.75) is 135 Å². The second-order valence-electron chi connectivity index (χ2n) is 14.3. The maximum Gasteiger partial charge on any atom is 0.0596 e. The molecule has 6 nitrogen and oxygen atoms in total. The van der Waals surface area contributed by atoms with E-state index in [4.69, 9.17) is 0 Å². The Kier molecular flexibility index (Phi) is 10.1. The molecule has 0 radical (unpaired) electrons. The molecule has 0 aromatic rings. The molecule has 37 heavy (non-hydrogen) atoms. The molecule has 6 heteroatoms. The second-order valence-corrected chi connectivity index (χ2v) is 14.3. The fraction of sp³-hybridized carbons (Fsp3) is 1.00. The van der Waals surface area contributed by atoms with Gasteiger partial charge in [-0.2, -0.15) is 0 Å². The van der Waals surface area contributed by atoms with Crippen molar-refractivity contribution in [3.63, 3.8) is 0 Å². The quantitative estimate of drug-likeness (QED) is 0.315. The first-order chi connectivity index (χ1) is 17.5. The van der Waals surface area contributed by atoms with Crippen molar-refractivity contribution in [1.82, 2.24) is 0 Å². The molecule has 0 heterocycles. The predicted molar refractivity (Wildman–Crippen MR) is 144 cm³/mol. The Balaban J connectivity index is 1.42. The SMILES string of the molecule is CC1CC(CC2CC(C)C(O)C(CC3CCC(O)CC3O)C2C)C(C)C(CC2CCC(O)CC2O)C1O. The van der Waals surface area contributed by atoms with E-state index in [1.54, 1.807) is 0 Å². The zero-order valence-corrected chi connectivity index (χ0v) is 23.7. The van der Waals surface area contributed by atoms with Gasteiger partial charge in [-0.25, -0.2) is 0 Å². The maximum atomic E-state index is 11.2. The van der Waals surface area contributed by atoms with E-state index in [1.165, 1.54) is 0 Å². The van der Waals surface area contributed by atoms with E-state index in [-0.39, 0.29) is 47.7 Å². The van der Waals surface area contributed by atoms with Gasteiger partial charge in [-0.05, 0) is 130 Å². The van der Waals surface area contributed by atoms with Crippen LogP contribution in [0.5, 0.6) is 0 Å². The lowest BCUT2D eigenvalue weighted by atomic mass is 9.58. The maximum absolute atomic E-state index is 11.2. The molecule has 4 rings (SSSR count). The first kappa shape index (κ1) is 29.7. The molecule has 16 unspecified atom stereocenters. The lowest BCUT2D eigenvalue weighted by molar-refractivity contribution is -0.0861. The van der Waals surface area contributed by atoms with E-state index >= 15 is 0 Å². The number of hydrogen-bond donors (Lipinski definition) is 6. The van der Waals surface area contributed by atoms with Crippen molar-refractivity contribution in [3.05, 3.63) is 0 Å². The average molecular weight is 525 g/mol. The van der Waals surface area contributed by atoms with Gasteiger partial charge < -0.3 is 30.6 Å². The summed E-state index contributed by atoms with van der Waals surface area (Å²) in [6, 6.07) is 0. The highest BCUT2D eigenvalue weighted by Gasteiger charge is 2.47. The summed E-state index contributed by atoms with van der Waals surface area (Å²) in [4.78, 5) is 0. The van der Waals surface area contributed by atoms with Gasteiger partial charge in [0.15, 0.2) is 0 Å². The molecule has 4 aliphatic carbocycles. The smallest absolute Gasteiger partial charge is 0.0596 e. The summed E-state index contributed by atoms with van der Waals surface area (Å²) in [5.41, 5.74) is 0. The molecule has 16 atom stereocenters. The number of aliphatic hydroxyl groups excluding tert-OH is 6. The average Bonchev–Trinajstić information content (AvgIpc) is 2.83. The Morgan fingerprint density at radius 2 is 0.838 bits per heavy atom. The summed E-state index contributed by atoms with van der Waals surface area (Å²) in [6.07, 6.45) is 6.45. The van der Waals surface area contributed by atoms with Crippen LogP contribution in [0.3, 0.4) is 0 Å². The van der Waals surface area contributed by atoms with Gasteiger partial charge in [0, 0.05) is 0 Å². The van der Waals surface area contributed by atoms with Crippen molar-refractivity contribution in [3.8, 4) is 0 Å². The van der Waals surface area contributed by atoms with Crippen LogP contribution < -0.4 is 0 Å². The number of aliphatic hydroxyl groups is 6. The summed E-state index contributed by atoms with van der Waals surface area (Å²) in [6.45, 7) is 8.97. The third kappa shape index (κ3) is 6.74. The minimum Gasteiger partial charge on any atom is -0.393 e. The van der Waals surface area contributed by atoms with Crippen LogP contribution in [0.15, 0.2) is 0 Å². The van der Waals surface area contributed by atoms with Gasteiger partial charge in [-0.1, -0.05) is 27.7 Å². The van der Waals surface area contributed by atoms with E-state index in [2.05, 4.69) is 27.7 Å². The zero-order valence-electron chi connectivity index (χ0n) is 23.7. The van der Waals surface area contributed by atoms with Gasteiger partial charge in [-0.3, -0.25) is 0 Å². The van der Waals surface area contributed by atoms with Crippen molar-refractivity contribution in [1.29, 1.82) is 0 Å². The van der Waals surface area contributed by atoms with E-state index in [1.807, 2.05) is 0 Å². The normalized spacial score (nSPS) is 53.7. The monoisotopic (exact) mass is 524 g/mol. The third-order valence-corrected chi connectivity index (χ3v) is 11.8. The Bertz CT molecular complexity index is 660. The van der Waals surface area contributed by atoms with Crippen LogP contribution in [0.2, 0.25) is 0 Å². The molecule has 4 saturated carbocycles. The molecule has 6 N–H and O–H groups in total. The van der Waals surface area contributed by atoms with E-state index in [0.717, 1.165) is 57.8 Å². The highest BCUT2D eigenvalue weighted by Crippen LogP contribution is 2.50. The van der Waals surface area contributed by atoms with Crippen molar-refractivity contribution >= 4 is 0 Å². The van der Waals surface area contributed by atoms with Crippen LogP contribution in [0.4, 0.5) is 0 Å². The summed E-state index contributed by atoms with van der Waals surface area (Å²) in [7, 11) is 0. The van der Waals surface area contributed by atoms with Crippen molar-refractivity contribution < 1.29 is 30.6 Å². The lowest BCUT2D eigenvalue weighted by Gasteiger charge is -2.49. The summed E-state index contributed by atoms with van der Waals surface area (Å²) < 4.78 is 0. The van der Waals surface area contributed by atoms with E-state index in [0.29, 0.717) is 36.5 Å². The van der Waals surface area contributed by atoms with Crippen LogP contribution in [-0.4, -0.2) is 67.3 Å². The molecule has 4 aliphatic rings. The zero-order chi connectivity index (χ0) is 27.0. The topological polar surface area (TPSA) is 121 Å². The van der Waals surface area contributed by atoms with E-state index in [9.17, 15) is 30.6 Å². The number of hydrogen-bond acceptors (Lipinski definition) is 6. The molecular formula is C31H56O6. The summed E-state index contributed by atoms with van der Waals surface area (Å²) >= 11 is 0. The van der Waals surface area contributed by atoms with Gasteiger partial charge in [0.1, 0.15) is 0 Å². The fourth-order valence-corrected chi connectivity index (χ4v) is 9.17. The molecule has 0 aromatic heterocycles. The van der Waals surface area contributed by atoms with Crippen molar-refractivity contribution in [2.24, 2.45) is 59.2 Å². The van der Waals surface area contributed by atoms with Gasteiger partial charge in [0.05, 0.1) is 36.6 Å². The summed E-state index contributed by atoms with van der Waals surface area (Å²) in [5.74, 6) is 2.91. The molecule has 0 aliphatic heterocycles. The summed E-state index contributed by atoms with van der Waals surface area (Å²) in [5, 5.41) is 63.5. The molecule has 216 valence electrons. The minimum atomic E-state index is -0.475. The van der Waals surface area contributed by atoms with Crippen LogP contribution in [0.1, 0.15) is 98.3 Å². The molecule has 0 spiro atoms. The fourth-order valence-electron chi connectivity index (χ4n) is 9.17. The second kappa shape index (κ2) is 12.5. The van der Waals surface area contributed by atoms with Gasteiger partial charge in [0.25, 0.3) is 0 Å². The molecule has 0 aromatic carbocycles. The standard InChI is InChI=1S/C31H56O6/c1-16-9-22(18(3)26(30(16)36)12-20-5-7-24(32)14-28(20)34)11-23-10-17(2)31(37)27(19(23)4)13-21-6-8-25(33)15-29(21)35/h16-37H,5-15H2,1-4H3. The highest BCUT2D eigenvalue weighted by atomic mass is 16.3. The van der Waals surface area contributed by atoms with Crippen LogP contribution in [0, 0.1) is 59.2 Å². The molecule has 4 fully saturated rings. The minimum absolute atomic E-state index is 0.157. The Morgan fingerprint density at radius 3 is 1.19 bits per heavy atom. The Labute approximate surface area is 224 Å². The molecular weight excluding hydrogens is 468 g/mol. The molecule has 0 saturated heterocycles. The van der Waals surface area contributed by atoms with Gasteiger partial charge in [0.2, 0.25) is 0 Å². The van der Waals surface area contributed by atoms with Gasteiger partial charge in [-0.15, -0.1) is 0 Å². The van der Waals surface area contributed by atoms with Gasteiger partial charge >= 0.3 is 0 Å². The van der Waals surface area contributed by atoms with Crippen LogP contribution in [0.25, 0.3) is 0 Å². The number of rotatable bonds is 6. The largest absolute Gasteiger partial charge is 0.393 e. The Morgan fingerprint density at radius 1 is 0.459 bits per heavy atom. The van der Waals surface area contributed by atoms with Crippen LogP contribution >= 0.6 is 0 Å². The van der Waals surface area contributed by atoms with E-state index < -0.39 is 24.4 Å². The molecule has 0 amide bonds. The molecule has 0 bridgehead atoms. The first-order valence-electron chi connectivity index (χ1n) is 15.5. The Hall–Kier alpha value is -0.240. The highest BCUT2D eigenvalue weighted by molar-refractivity contribution is 4.96. The predicted octanol–water partition coefficient (Wildman–Crippen LogP) is 3.74. The van der Waals surface area contributed by atoms with Crippen LogP contribution in [-0.2, 0) is 0 Å². The van der Waals surface area contributed by atoms with Crippen molar-refractivity contribution in [2.75, 3.05) is 0 Å². The lowest BCUT2D eigenvalue weighted by Crippen LogP contribution is -2.47.